The molecule has 0 spiro atoms. The van der Waals surface area contributed by atoms with Gasteiger partial charge in [-0.2, -0.15) is 0 Å². The van der Waals surface area contributed by atoms with Gasteiger partial charge in [-0.15, -0.1) is 11.8 Å². The van der Waals surface area contributed by atoms with E-state index in [1.54, 1.807) is 0 Å². The number of para-hydroxylation sites is 1. The molecule has 0 bridgehead atoms. The maximum Gasteiger partial charge on any atom is 0.126 e. The summed E-state index contributed by atoms with van der Waals surface area (Å²) in [6.07, 6.45) is 7.54. The van der Waals surface area contributed by atoms with Crippen LogP contribution in [-0.4, -0.2) is 54.1 Å². The molecule has 3 rings (SSSR count). The van der Waals surface area contributed by atoms with Crippen LogP contribution in [0.25, 0.3) is 0 Å². The van der Waals surface area contributed by atoms with E-state index in [2.05, 4.69) is 49.0 Å². The van der Waals surface area contributed by atoms with Gasteiger partial charge in [0.1, 0.15) is 11.9 Å². The fourth-order valence-electron chi connectivity index (χ4n) is 4.72. The average molecular weight is 412 g/mol. The topological polar surface area (TPSA) is 52.9 Å². The minimum Gasteiger partial charge on any atom is -0.489 e. The van der Waals surface area contributed by atoms with Crippen molar-refractivity contribution < 1.29 is 14.9 Å². The monoisotopic (exact) mass is 411 g/mol. The lowest BCUT2D eigenvalue weighted by Crippen LogP contribution is -2.19. The summed E-state index contributed by atoms with van der Waals surface area (Å²) in [6.45, 7) is 4.92. The van der Waals surface area contributed by atoms with Gasteiger partial charge in [0.2, 0.25) is 0 Å². The summed E-state index contributed by atoms with van der Waals surface area (Å²) in [5.41, 5.74) is 2.50. The summed E-state index contributed by atoms with van der Waals surface area (Å²) in [7, 11) is 4.22. The Hall–Kier alpha value is -1.80. The van der Waals surface area contributed by atoms with Crippen LogP contribution in [0.3, 0.4) is 0 Å². The molecule has 0 aromatic heterocycles. The fraction of sp³-hybridized carbons (Fsp3) is 0.615. The summed E-state index contributed by atoms with van der Waals surface area (Å²) < 4.78 is 6.36. The highest BCUT2D eigenvalue weighted by Crippen LogP contribution is 2.52. The van der Waals surface area contributed by atoms with Crippen LogP contribution in [0.4, 0.5) is 0 Å². The van der Waals surface area contributed by atoms with Crippen LogP contribution < -0.4 is 4.74 Å². The maximum atomic E-state index is 10.7. The van der Waals surface area contributed by atoms with Crippen LogP contribution in [0.15, 0.2) is 30.4 Å². The summed E-state index contributed by atoms with van der Waals surface area (Å²) in [5.74, 6) is 7.16. The molecule has 0 unspecified atom stereocenters. The van der Waals surface area contributed by atoms with E-state index in [1.165, 1.54) is 17.5 Å². The van der Waals surface area contributed by atoms with Gasteiger partial charge >= 0.3 is 0 Å². The van der Waals surface area contributed by atoms with E-state index in [-0.39, 0.29) is 23.9 Å². The number of aryl methyl sites for hydroxylation is 1. The Morgan fingerprint density at radius 3 is 2.83 bits per heavy atom. The molecule has 1 aliphatic heterocycles. The number of ether oxygens (including phenoxy) is 1. The van der Waals surface area contributed by atoms with E-state index in [1.807, 2.05) is 26.0 Å². The Kier molecular flexibility index (Phi) is 7.99. The van der Waals surface area contributed by atoms with Gasteiger partial charge in [0.05, 0.1) is 12.2 Å². The zero-order chi connectivity index (χ0) is 21.7. The third-order valence-electron chi connectivity index (χ3n) is 6.50. The van der Waals surface area contributed by atoms with Crippen LogP contribution in [-0.2, 0) is 6.42 Å². The second-order valence-electron chi connectivity index (χ2n) is 9.14. The normalized spacial score (nSPS) is 26.8. The van der Waals surface area contributed by atoms with Crippen LogP contribution in [0.2, 0.25) is 0 Å². The Morgan fingerprint density at radius 2 is 2.10 bits per heavy atom. The van der Waals surface area contributed by atoms with Crippen LogP contribution in [0.5, 0.6) is 5.75 Å². The molecule has 4 nitrogen and oxygen atoms in total. The second kappa shape index (κ2) is 10.5. The van der Waals surface area contributed by atoms with E-state index < -0.39 is 12.2 Å². The summed E-state index contributed by atoms with van der Waals surface area (Å²) in [6, 6.07) is 6.45. The van der Waals surface area contributed by atoms with Crippen molar-refractivity contribution in [1.29, 1.82) is 0 Å². The predicted molar refractivity (Wildman–Crippen MR) is 122 cm³/mol. The molecular weight excluding hydrogens is 374 g/mol. The molecule has 1 heterocycles. The lowest BCUT2D eigenvalue weighted by atomic mass is 9.86. The highest BCUT2D eigenvalue weighted by molar-refractivity contribution is 5.49. The molecule has 2 N–H and O–H groups in total. The van der Waals surface area contributed by atoms with Gasteiger partial charge in [-0.1, -0.05) is 37.3 Å². The van der Waals surface area contributed by atoms with Gasteiger partial charge in [-0.3, -0.25) is 0 Å². The van der Waals surface area contributed by atoms with Crippen molar-refractivity contribution in [3.8, 4) is 17.6 Å². The molecule has 6 atom stereocenters. The minimum absolute atomic E-state index is 0.0214. The third-order valence-corrected chi connectivity index (χ3v) is 6.50. The Labute approximate surface area is 181 Å². The fourth-order valence-corrected chi connectivity index (χ4v) is 4.72. The Balaban J connectivity index is 1.70. The number of hydrogen-bond donors (Lipinski definition) is 2. The van der Waals surface area contributed by atoms with E-state index in [0.717, 1.165) is 25.1 Å². The molecule has 1 aromatic rings. The zero-order valence-corrected chi connectivity index (χ0v) is 18.8. The number of hydrogen-bond acceptors (Lipinski definition) is 4. The maximum absolute atomic E-state index is 10.7. The van der Waals surface area contributed by atoms with Gasteiger partial charge in [-0.25, -0.2) is 0 Å². The van der Waals surface area contributed by atoms with Crippen LogP contribution in [0, 0.1) is 23.7 Å². The summed E-state index contributed by atoms with van der Waals surface area (Å²) in [5, 5.41) is 21.1. The van der Waals surface area contributed by atoms with Crippen molar-refractivity contribution >= 4 is 0 Å². The highest BCUT2D eigenvalue weighted by Gasteiger charge is 2.48. The summed E-state index contributed by atoms with van der Waals surface area (Å²) >= 11 is 0. The molecule has 1 aliphatic carbocycles. The molecule has 0 radical (unpaired) electrons. The lowest BCUT2D eigenvalue weighted by Gasteiger charge is -2.19. The second-order valence-corrected chi connectivity index (χ2v) is 9.14. The number of rotatable bonds is 9. The minimum atomic E-state index is -0.554. The quantitative estimate of drug-likeness (QED) is 0.369. The number of aliphatic hydroxyl groups is 2. The number of benzene rings is 1. The molecule has 164 valence electrons. The van der Waals surface area contributed by atoms with Crippen molar-refractivity contribution in [2.75, 3.05) is 20.6 Å². The van der Waals surface area contributed by atoms with E-state index in [4.69, 9.17) is 4.74 Å². The molecule has 30 heavy (non-hydrogen) atoms. The van der Waals surface area contributed by atoms with E-state index >= 15 is 0 Å². The SMILES string of the molecule is CC#CC[C@@H](C)[C@H](O)C=C[C@@H]1[C@H]2c3cccc(CCCCN(C)C)c3O[C@H]2C[C@H]1O. The summed E-state index contributed by atoms with van der Waals surface area (Å²) in [4.78, 5) is 2.22. The van der Waals surface area contributed by atoms with E-state index in [0.29, 0.717) is 12.8 Å². The number of unbranched alkanes of at least 4 members (excludes halogenated alkanes) is 1. The van der Waals surface area contributed by atoms with Crippen molar-refractivity contribution in [2.24, 2.45) is 11.8 Å². The predicted octanol–water partition coefficient (Wildman–Crippen LogP) is 3.76. The Morgan fingerprint density at radius 1 is 1.30 bits per heavy atom. The molecule has 0 amide bonds. The standard InChI is InChI=1S/C26H37NO3/c1-5-6-10-18(2)22(28)15-14-20-23(29)17-24-25(20)21-13-9-12-19(26(21)30-24)11-7-8-16-27(3)4/h9,12-15,18,20,22-25,28-29H,7-8,10-11,16-17H2,1-4H3/t18-,20+,22-,23-,24+,25+/m1/s1. The molecule has 1 saturated carbocycles. The van der Waals surface area contributed by atoms with Crippen LogP contribution in [0.1, 0.15) is 56.6 Å². The Bertz CT molecular complexity index is 791. The van der Waals surface area contributed by atoms with Crippen molar-refractivity contribution in [3.63, 3.8) is 0 Å². The largest absolute Gasteiger partial charge is 0.489 e. The molecule has 0 saturated heterocycles. The molecule has 2 aliphatic rings. The highest BCUT2D eigenvalue weighted by atomic mass is 16.5. The van der Waals surface area contributed by atoms with Gasteiger partial charge in [0, 0.05) is 30.2 Å². The number of fused-ring (bicyclic) bond motifs is 3. The van der Waals surface area contributed by atoms with Gasteiger partial charge in [0.25, 0.3) is 0 Å². The van der Waals surface area contributed by atoms with Crippen molar-refractivity contribution in [3.05, 3.63) is 41.5 Å². The smallest absolute Gasteiger partial charge is 0.126 e. The van der Waals surface area contributed by atoms with Crippen molar-refractivity contribution in [1.82, 2.24) is 4.90 Å². The first-order valence-electron chi connectivity index (χ1n) is 11.3. The van der Waals surface area contributed by atoms with Gasteiger partial charge in [0.15, 0.2) is 0 Å². The third kappa shape index (κ3) is 5.27. The molecular formula is C26H37NO3. The zero-order valence-electron chi connectivity index (χ0n) is 18.8. The van der Waals surface area contributed by atoms with E-state index in [9.17, 15) is 10.2 Å². The molecule has 1 fully saturated rings. The lowest BCUT2D eigenvalue weighted by molar-refractivity contribution is 0.134. The van der Waals surface area contributed by atoms with Crippen LogP contribution >= 0.6 is 0 Å². The molecule has 1 aromatic carbocycles. The molecule has 4 heteroatoms. The van der Waals surface area contributed by atoms with Gasteiger partial charge in [-0.05, 0) is 58.3 Å². The van der Waals surface area contributed by atoms with Crippen molar-refractivity contribution in [2.45, 2.75) is 70.2 Å². The number of nitrogens with zero attached hydrogens (tertiary/aromatic N) is 1. The number of aliphatic hydroxyl groups excluding tert-OH is 2. The van der Waals surface area contributed by atoms with Gasteiger partial charge < -0.3 is 19.8 Å². The first-order valence-corrected chi connectivity index (χ1v) is 11.3. The average Bonchev–Trinajstić information content (AvgIpc) is 3.22. The first kappa shape index (κ1) is 22.9. The first-order chi connectivity index (χ1) is 14.4.